The van der Waals surface area contributed by atoms with Gasteiger partial charge in [-0.15, -0.1) is 0 Å². The third-order valence-electron chi connectivity index (χ3n) is 4.10. The lowest BCUT2D eigenvalue weighted by Crippen LogP contribution is -2.45. The number of pyridine rings is 1. The van der Waals surface area contributed by atoms with Gasteiger partial charge in [-0.1, -0.05) is 30.3 Å². The summed E-state index contributed by atoms with van der Waals surface area (Å²) in [5, 5.41) is 3.57. The number of primary amides is 1. The van der Waals surface area contributed by atoms with Crippen LogP contribution in [0, 0.1) is 0 Å². The van der Waals surface area contributed by atoms with Crippen molar-refractivity contribution >= 4 is 22.7 Å². The van der Waals surface area contributed by atoms with Gasteiger partial charge in [0.1, 0.15) is 11.8 Å². The molecule has 1 aromatic heterocycles. The van der Waals surface area contributed by atoms with Gasteiger partial charge in [0.15, 0.2) is 0 Å². The number of carbonyl (C=O) groups excluding carboxylic acids is 2. The predicted octanol–water partition coefficient (Wildman–Crippen LogP) is 2.07. The lowest BCUT2D eigenvalue weighted by molar-refractivity contribution is -0.119. The molecule has 0 aliphatic rings. The van der Waals surface area contributed by atoms with Crippen LogP contribution in [0.25, 0.3) is 10.9 Å². The molecule has 0 aliphatic carbocycles. The first-order valence-corrected chi connectivity index (χ1v) is 8.15. The van der Waals surface area contributed by atoms with Gasteiger partial charge in [0.25, 0.3) is 5.91 Å². The van der Waals surface area contributed by atoms with E-state index in [0.717, 1.165) is 10.9 Å². The molecule has 6 heteroatoms. The fourth-order valence-corrected chi connectivity index (χ4v) is 2.78. The Morgan fingerprint density at radius 2 is 1.92 bits per heavy atom. The van der Waals surface area contributed by atoms with E-state index in [1.165, 1.54) is 0 Å². The molecule has 1 heterocycles. The number of rotatable bonds is 6. The molecule has 3 N–H and O–H groups in total. The van der Waals surface area contributed by atoms with E-state index in [1.54, 1.807) is 31.5 Å². The number of para-hydroxylation sites is 1. The summed E-state index contributed by atoms with van der Waals surface area (Å²) in [6.07, 6.45) is 1.90. The van der Waals surface area contributed by atoms with E-state index in [0.29, 0.717) is 16.8 Å². The van der Waals surface area contributed by atoms with E-state index in [2.05, 4.69) is 10.3 Å². The predicted molar refractivity (Wildman–Crippen MR) is 98.9 cm³/mol. The highest BCUT2D eigenvalue weighted by atomic mass is 16.5. The molecule has 2 amide bonds. The summed E-state index contributed by atoms with van der Waals surface area (Å²) in [5.41, 5.74) is 7.31. The number of fused-ring (bicyclic) bond motifs is 1. The largest absolute Gasteiger partial charge is 0.497 e. The minimum absolute atomic E-state index is 0.274. The molecule has 0 aliphatic heterocycles. The van der Waals surface area contributed by atoms with Crippen LogP contribution in [0.15, 0.2) is 60.8 Å². The number of hydrogen-bond donors (Lipinski definition) is 2. The van der Waals surface area contributed by atoms with Crippen LogP contribution < -0.4 is 15.8 Å². The van der Waals surface area contributed by atoms with E-state index in [9.17, 15) is 9.59 Å². The Labute approximate surface area is 151 Å². The summed E-state index contributed by atoms with van der Waals surface area (Å²) in [6, 6.07) is 15.5. The molecule has 2 aromatic carbocycles. The number of aromatic nitrogens is 1. The molecule has 6 nitrogen and oxygen atoms in total. The second-order valence-electron chi connectivity index (χ2n) is 5.86. The van der Waals surface area contributed by atoms with E-state index in [4.69, 9.17) is 10.5 Å². The van der Waals surface area contributed by atoms with Crippen LogP contribution in [0.4, 0.5) is 0 Å². The Bertz CT molecular complexity index is 950. The molecular weight excluding hydrogens is 330 g/mol. The Morgan fingerprint density at radius 1 is 1.15 bits per heavy atom. The fraction of sp³-hybridized carbons (Fsp3) is 0.150. The van der Waals surface area contributed by atoms with Gasteiger partial charge < -0.3 is 15.8 Å². The summed E-state index contributed by atoms with van der Waals surface area (Å²) in [6.45, 7) is 0. The summed E-state index contributed by atoms with van der Waals surface area (Å²) in [5.74, 6) is -0.314. The first kappa shape index (κ1) is 17.4. The van der Waals surface area contributed by atoms with Gasteiger partial charge in [-0.25, -0.2) is 0 Å². The second kappa shape index (κ2) is 7.65. The van der Waals surface area contributed by atoms with Crippen LogP contribution in [0.1, 0.15) is 15.9 Å². The maximum absolute atomic E-state index is 12.7. The molecule has 26 heavy (non-hydrogen) atoms. The van der Waals surface area contributed by atoms with Gasteiger partial charge in [0.2, 0.25) is 5.91 Å². The normalized spacial score (nSPS) is 11.7. The number of ether oxygens (including phenoxy) is 1. The van der Waals surface area contributed by atoms with Crippen LogP contribution >= 0.6 is 0 Å². The molecule has 0 saturated heterocycles. The molecule has 0 radical (unpaired) electrons. The SMILES string of the molecule is COc1cccc(C[C@H](NC(=O)c2cccc3cccnc23)C(N)=O)c1. The molecular formula is C20H19N3O3. The maximum atomic E-state index is 12.7. The third-order valence-corrected chi connectivity index (χ3v) is 4.10. The first-order valence-electron chi connectivity index (χ1n) is 8.15. The van der Waals surface area contributed by atoms with Crippen molar-refractivity contribution in [3.8, 4) is 5.75 Å². The van der Waals surface area contributed by atoms with Crippen molar-refractivity contribution in [3.63, 3.8) is 0 Å². The average molecular weight is 349 g/mol. The van der Waals surface area contributed by atoms with Gasteiger partial charge in [-0.2, -0.15) is 0 Å². The Hall–Kier alpha value is -3.41. The molecule has 0 fully saturated rings. The molecule has 0 bridgehead atoms. The Balaban J connectivity index is 1.83. The van der Waals surface area contributed by atoms with Gasteiger partial charge in [0, 0.05) is 18.0 Å². The van der Waals surface area contributed by atoms with Crippen molar-refractivity contribution in [2.75, 3.05) is 7.11 Å². The zero-order valence-electron chi connectivity index (χ0n) is 14.3. The molecule has 3 aromatic rings. The summed E-state index contributed by atoms with van der Waals surface area (Å²) < 4.78 is 5.18. The van der Waals surface area contributed by atoms with Crippen molar-refractivity contribution in [1.29, 1.82) is 0 Å². The van der Waals surface area contributed by atoms with Gasteiger partial charge in [-0.05, 0) is 29.8 Å². The number of hydrogen-bond acceptors (Lipinski definition) is 4. The van der Waals surface area contributed by atoms with Crippen molar-refractivity contribution in [2.24, 2.45) is 5.73 Å². The highest BCUT2D eigenvalue weighted by molar-refractivity contribution is 6.06. The molecule has 0 spiro atoms. The summed E-state index contributed by atoms with van der Waals surface area (Å²) in [4.78, 5) is 28.8. The fourth-order valence-electron chi connectivity index (χ4n) is 2.78. The molecule has 1 atom stereocenters. The number of amides is 2. The molecule has 0 unspecified atom stereocenters. The van der Waals surface area contributed by atoms with Gasteiger partial charge >= 0.3 is 0 Å². The molecule has 3 rings (SSSR count). The van der Waals surface area contributed by atoms with Crippen molar-refractivity contribution in [3.05, 3.63) is 71.9 Å². The standard InChI is InChI=1S/C20H19N3O3/c1-26-15-8-2-5-13(11-15)12-17(19(21)24)23-20(25)16-9-3-6-14-7-4-10-22-18(14)16/h2-11,17H,12H2,1H3,(H2,21,24)(H,23,25)/t17-/m0/s1. The number of nitrogens with two attached hydrogens (primary N) is 1. The highest BCUT2D eigenvalue weighted by Crippen LogP contribution is 2.17. The van der Waals surface area contributed by atoms with E-state index < -0.39 is 11.9 Å². The van der Waals surface area contributed by atoms with Crippen LogP contribution in [0.2, 0.25) is 0 Å². The van der Waals surface area contributed by atoms with Crippen LogP contribution in [-0.2, 0) is 11.2 Å². The zero-order chi connectivity index (χ0) is 18.5. The number of benzene rings is 2. The summed E-state index contributed by atoms with van der Waals surface area (Å²) in [7, 11) is 1.57. The minimum Gasteiger partial charge on any atom is -0.497 e. The number of carbonyl (C=O) groups is 2. The first-order chi connectivity index (χ1) is 12.6. The molecule has 0 saturated carbocycles. The van der Waals surface area contributed by atoms with E-state index in [1.807, 2.05) is 36.4 Å². The quantitative estimate of drug-likeness (QED) is 0.712. The minimum atomic E-state index is -0.839. The third kappa shape index (κ3) is 3.80. The number of nitrogens with zero attached hydrogens (tertiary/aromatic N) is 1. The second-order valence-corrected chi connectivity index (χ2v) is 5.86. The number of nitrogens with one attached hydrogen (secondary N) is 1. The summed E-state index contributed by atoms with van der Waals surface area (Å²) >= 11 is 0. The average Bonchev–Trinajstić information content (AvgIpc) is 2.67. The van der Waals surface area contributed by atoms with Gasteiger partial charge in [0.05, 0.1) is 18.2 Å². The highest BCUT2D eigenvalue weighted by Gasteiger charge is 2.21. The van der Waals surface area contributed by atoms with E-state index >= 15 is 0 Å². The van der Waals surface area contributed by atoms with Crippen LogP contribution in [0.3, 0.4) is 0 Å². The number of methoxy groups -OCH3 is 1. The smallest absolute Gasteiger partial charge is 0.254 e. The molecule has 132 valence electrons. The lowest BCUT2D eigenvalue weighted by Gasteiger charge is -2.16. The van der Waals surface area contributed by atoms with E-state index in [-0.39, 0.29) is 12.3 Å². The zero-order valence-corrected chi connectivity index (χ0v) is 14.3. The van der Waals surface area contributed by atoms with Crippen molar-refractivity contribution < 1.29 is 14.3 Å². The topological polar surface area (TPSA) is 94.3 Å². The Morgan fingerprint density at radius 3 is 2.69 bits per heavy atom. The lowest BCUT2D eigenvalue weighted by atomic mass is 10.0. The van der Waals surface area contributed by atoms with Crippen LogP contribution in [-0.4, -0.2) is 29.9 Å². The van der Waals surface area contributed by atoms with Crippen molar-refractivity contribution in [1.82, 2.24) is 10.3 Å². The van der Waals surface area contributed by atoms with Crippen molar-refractivity contribution in [2.45, 2.75) is 12.5 Å². The monoisotopic (exact) mass is 349 g/mol. The Kier molecular flexibility index (Phi) is 5.12. The van der Waals surface area contributed by atoms with Gasteiger partial charge in [-0.3, -0.25) is 14.6 Å². The maximum Gasteiger partial charge on any atom is 0.254 e. The van der Waals surface area contributed by atoms with Crippen LogP contribution in [0.5, 0.6) is 5.75 Å².